The quantitative estimate of drug-likeness (QED) is 0.498. The molecule has 5 rings (SSSR count). The summed E-state index contributed by atoms with van der Waals surface area (Å²) in [4.78, 5) is 30.1. The van der Waals surface area contributed by atoms with Gasteiger partial charge in [-0.3, -0.25) is 24.1 Å². The van der Waals surface area contributed by atoms with Crippen molar-refractivity contribution in [3.8, 4) is 0 Å². The number of hydrogen-bond acceptors (Lipinski definition) is 5. The first-order valence-corrected chi connectivity index (χ1v) is 12.8. The average molecular weight is 561 g/mol. The maximum Gasteiger partial charge on any atom is 0.260 e. The van der Waals surface area contributed by atoms with Crippen LogP contribution < -0.4 is 10.2 Å². The molecule has 39 heavy (non-hydrogen) atoms. The number of fused-ring (bicyclic) bond motifs is 1. The van der Waals surface area contributed by atoms with Gasteiger partial charge in [-0.1, -0.05) is 23.7 Å². The van der Waals surface area contributed by atoms with E-state index < -0.39 is 28.8 Å². The first-order chi connectivity index (χ1) is 18.4. The fraction of sp³-hybridized carbons (Fsp3) is 0.370. The molecule has 0 unspecified atom stereocenters. The largest absolute Gasteiger partial charge is 0.377 e. The summed E-state index contributed by atoms with van der Waals surface area (Å²) >= 11 is 6.10. The number of aryl methyl sites for hydroxylation is 1. The zero-order valence-corrected chi connectivity index (χ0v) is 22.7. The highest BCUT2D eigenvalue weighted by atomic mass is 35.5. The Bertz CT molecular complexity index is 1470. The number of benzene rings is 2. The van der Waals surface area contributed by atoms with Gasteiger partial charge in [0.2, 0.25) is 5.91 Å². The molecule has 0 radical (unpaired) electrons. The summed E-state index contributed by atoms with van der Waals surface area (Å²) in [5, 5.41) is 7.08. The number of likely N-dealkylation sites (tertiary alicyclic amines) is 1. The van der Waals surface area contributed by atoms with Crippen molar-refractivity contribution >= 4 is 34.9 Å². The minimum absolute atomic E-state index is 0.00905. The monoisotopic (exact) mass is 560 g/mol. The number of rotatable bonds is 6. The van der Waals surface area contributed by atoms with Gasteiger partial charge < -0.3 is 10.2 Å². The van der Waals surface area contributed by atoms with E-state index in [4.69, 9.17) is 11.6 Å². The standard InChI is InChI=1S/C27H28ClF3N6O2/c1-27(17-6-5-7-18(28)23(17)30)14-37(25-19(29)12-35(4)33-25)26(39)16-8-9-20(24(31)22(16)27)32-15-10-36(11-15)13-21(38)34(2)3/h5-9,12,15,32H,10-11,13-14H2,1-4H3/t27-/m1/s1. The van der Waals surface area contributed by atoms with E-state index >= 15 is 8.78 Å². The van der Waals surface area contributed by atoms with Crippen molar-refractivity contribution in [2.45, 2.75) is 18.4 Å². The lowest BCUT2D eigenvalue weighted by Crippen LogP contribution is -2.57. The van der Waals surface area contributed by atoms with Crippen molar-refractivity contribution in [3.05, 3.63) is 75.7 Å². The lowest BCUT2D eigenvalue weighted by atomic mass is 9.70. The van der Waals surface area contributed by atoms with Gasteiger partial charge in [-0.25, -0.2) is 13.2 Å². The summed E-state index contributed by atoms with van der Waals surface area (Å²) in [5.41, 5.74) is -1.25. The molecule has 0 saturated carbocycles. The molecule has 206 valence electrons. The van der Waals surface area contributed by atoms with E-state index in [0.717, 1.165) is 11.1 Å². The van der Waals surface area contributed by atoms with Crippen molar-refractivity contribution in [2.75, 3.05) is 50.5 Å². The molecule has 1 fully saturated rings. The molecule has 2 aliphatic heterocycles. The molecule has 3 aromatic rings. The van der Waals surface area contributed by atoms with Gasteiger partial charge in [0.15, 0.2) is 17.5 Å². The Balaban J connectivity index is 1.54. The van der Waals surface area contributed by atoms with Crippen LogP contribution in [0.25, 0.3) is 0 Å². The number of carbonyl (C=O) groups excluding carboxylic acids is 2. The SMILES string of the molecule is CN(C)C(=O)CN1CC(Nc2ccc3c(c2F)[C@@](C)(c2cccc(Cl)c2F)CN(c2nn(C)cc2F)C3=O)C1. The third-order valence-electron chi connectivity index (χ3n) is 7.39. The van der Waals surface area contributed by atoms with Gasteiger partial charge in [0.05, 0.1) is 29.5 Å². The predicted molar refractivity (Wildman–Crippen MR) is 142 cm³/mol. The molecule has 2 aliphatic rings. The summed E-state index contributed by atoms with van der Waals surface area (Å²) in [5.74, 6) is -3.09. The van der Waals surface area contributed by atoms with Crippen LogP contribution >= 0.6 is 11.6 Å². The zero-order chi connectivity index (χ0) is 28.2. The van der Waals surface area contributed by atoms with Gasteiger partial charge in [-0.15, -0.1) is 0 Å². The summed E-state index contributed by atoms with van der Waals surface area (Å²) in [7, 11) is 4.88. The third-order valence-corrected chi connectivity index (χ3v) is 7.68. The fourth-order valence-electron chi connectivity index (χ4n) is 5.31. The van der Waals surface area contributed by atoms with Crippen molar-refractivity contribution in [1.82, 2.24) is 19.6 Å². The van der Waals surface area contributed by atoms with E-state index in [2.05, 4.69) is 10.4 Å². The molecule has 1 saturated heterocycles. The lowest BCUT2D eigenvalue weighted by Gasteiger charge is -2.43. The van der Waals surface area contributed by atoms with Crippen molar-refractivity contribution in [3.63, 3.8) is 0 Å². The first kappa shape index (κ1) is 27.0. The smallest absolute Gasteiger partial charge is 0.260 e. The van der Waals surface area contributed by atoms with Gasteiger partial charge in [0.25, 0.3) is 5.91 Å². The van der Waals surface area contributed by atoms with E-state index in [1.807, 2.05) is 4.90 Å². The van der Waals surface area contributed by atoms with Crippen LogP contribution in [0, 0.1) is 17.5 Å². The van der Waals surface area contributed by atoms with Crippen molar-refractivity contribution in [1.29, 1.82) is 0 Å². The maximum absolute atomic E-state index is 16.3. The lowest BCUT2D eigenvalue weighted by molar-refractivity contribution is -0.130. The van der Waals surface area contributed by atoms with Gasteiger partial charge in [0.1, 0.15) is 5.82 Å². The third kappa shape index (κ3) is 4.63. The summed E-state index contributed by atoms with van der Waals surface area (Å²) in [6.45, 7) is 2.65. The second-order valence-corrected chi connectivity index (χ2v) is 10.9. The number of aromatic nitrogens is 2. The molecule has 1 atom stereocenters. The van der Waals surface area contributed by atoms with E-state index in [1.165, 1.54) is 40.9 Å². The molecular formula is C27H28ClF3N6O2. The second kappa shape index (κ2) is 9.87. The first-order valence-electron chi connectivity index (χ1n) is 12.4. The van der Waals surface area contributed by atoms with Crippen LogP contribution in [-0.2, 0) is 17.3 Å². The van der Waals surface area contributed by atoms with Gasteiger partial charge >= 0.3 is 0 Å². The van der Waals surface area contributed by atoms with E-state index in [1.54, 1.807) is 27.1 Å². The fourth-order valence-corrected chi connectivity index (χ4v) is 5.49. The topological polar surface area (TPSA) is 73.7 Å². The van der Waals surface area contributed by atoms with Crippen molar-refractivity contribution < 1.29 is 22.8 Å². The summed E-state index contributed by atoms with van der Waals surface area (Å²) in [6.07, 6.45) is 1.12. The van der Waals surface area contributed by atoms with Crippen LogP contribution in [0.5, 0.6) is 0 Å². The van der Waals surface area contributed by atoms with Crippen LogP contribution in [-0.4, -0.2) is 77.7 Å². The molecule has 0 bridgehead atoms. The highest BCUT2D eigenvalue weighted by Crippen LogP contribution is 2.45. The molecule has 3 heterocycles. The molecule has 2 amide bonds. The Hall–Kier alpha value is -3.57. The number of likely N-dealkylation sites (N-methyl/N-ethyl adjacent to an activating group) is 1. The van der Waals surface area contributed by atoms with Crippen LogP contribution in [0.4, 0.5) is 24.7 Å². The van der Waals surface area contributed by atoms with E-state index in [9.17, 15) is 14.0 Å². The normalized spacial score (nSPS) is 19.6. The number of nitrogens with zero attached hydrogens (tertiary/aromatic N) is 5. The Kier molecular flexibility index (Phi) is 6.84. The van der Waals surface area contributed by atoms with E-state index in [-0.39, 0.29) is 58.3 Å². The van der Waals surface area contributed by atoms with Crippen LogP contribution in [0.2, 0.25) is 5.02 Å². The Labute approximate surface area is 228 Å². The minimum atomic E-state index is -1.44. The number of halogens is 4. The number of carbonyl (C=O) groups is 2. The zero-order valence-electron chi connectivity index (χ0n) is 21.9. The Morgan fingerprint density at radius 3 is 2.54 bits per heavy atom. The van der Waals surface area contributed by atoms with Gasteiger partial charge in [0, 0.05) is 62.9 Å². The van der Waals surface area contributed by atoms with Crippen LogP contribution in [0.15, 0.2) is 36.5 Å². The highest BCUT2D eigenvalue weighted by molar-refractivity contribution is 6.30. The molecule has 2 aromatic carbocycles. The van der Waals surface area contributed by atoms with Gasteiger partial charge in [-0.05, 0) is 25.1 Å². The maximum atomic E-state index is 16.3. The molecule has 0 spiro atoms. The number of amides is 2. The molecule has 12 heteroatoms. The Morgan fingerprint density at radius 2 is 1.90 bits per heavy atom. The molecule has 8 nitrogen and oxygen atoms in total. The second-order valence-electron chi connectivity index (χ2n) is 10.5. The molecule has 0 aliphatic carbocycles. The molecule has 1 N–H and O–H groups in total. The number of anilines is 2. The number of nitrogens with one attached hydrogen (secondary N) is 1. The van der Waals surface area contributed by atoms with Crippen molar-refractivity contribution in [2.24, 2.45) is 7.05 Å². The highest BCUT2D eigenvalue weighted by Gasteiger charge is 2.47. The van der Waals surface area contributed by atoms with Gasteiger partial charge in [-0.2, -0.15) is 5.10 Å². The molecule has 1 aromatic heterocycles. The van der Waals surface area contributed by atoms with E-state index in [0.29, 0.717) is 13.1 Å². The average Bonchev–Trinajstić information content (AvgIpc) is 3.19. The van der Waals surface area contributed by atoms with Crippen LogP contribution in [0.3, 0.4) is 0 Å². The minimum Gasteiger partial charge on any atom is -0.377 e. The summed E-state index contributed by atoms with van der Waals surface area (Å²) in [6, 6.07) is 7.20. The number of hydrogen-bond donors (Lipinski definition) is 1. The van der Waals surface area contributed by atoms with Crippen LogP contribution in [0.1, 0.15) is 28.4 Å². The summed E-state index contributed by atoms with van der Waals surface area (Å²) < 4.78 is 47.7. The molecular weight excluding hydrogens is 533 g/mol. The predicted octanol–water partition coefficient (Wildman–Crippen LogP) is 3.64. The Morgan fingerprint density at radius 1 is 1.18 bits per heavy atom.